The van der Waals surface area contributed by atoms with Crippen LogP contribution in [0.2, 0.25) is 0 Å². The summed E-state index contributed by atoms with van der Waals surface area (Å²) in [5.74, 6) is 0.148. The molecule has 0 unspecified atom stereocenters. The molecule has 0 aliphatic rings. The summed E-state index contributed by atoms with van der Waals surface area (Å²) in [6.45, 7) is 5.82. The Morgan fingerprint density at radius 1 is 1.00 bits per heavy atom. The van der Waals surface area contributed by atoms with Gasteiger partial charge in [0.2, 0.25) is 0 Å². The SMILES string of the molecule is CCOC(=O)c1ccc(NC(C)(C)C(=O)c2ccc(OCCO)cc2)cc1. The molecule has 6 nitrogen and oxygen atoms in total. The summed E-state index contributed by atoms with van der Waals surface area (Å²) in [6.07, 6.45) is 0. The smallest absolute Gasteiger partial charge is 0.338 e. The van der Waals surface area contributed by atoms with Crippen molar-refractivity contribution >= 4 is 17.4 Å². The highest BCUT2D eigenvalue weighted by atomic mass is 16.5. The van der Waals surface area contributed by atoms with Gasteiger partial charge in [0.05, 0.1) is 24.3 Å². The van der Waals surface area contributed by atoms with E-state index in [1.807, 2.05) is 0 Å². The van der Waals surface area contributed by atoms with E-state index in [1.165, 1.54) is 0 Å². The van der Waals surface area contributed by atoms with Crippen molar-refractivity contribution in [3.05, 3.63) is 59.7 Å². The van der Waals surface area contributed by atoms with E-state index in [2.05, 4.69) is 5.32 Å². The first-order valence-electron chi connectivity index (χ1n) is 8.81. The Labute approximate surface area is 159 Å². The van der Waals surface area contributed by atoms with Gasteiger partial charge in [0.15, 0.2) is 5.78 Å². The van der Waals surface area contributed by atoms with Crippen molar-refractivity contribution < 1.29 is 24.2 Å². The van der Waals surface area contributed by atoms with Crippen LogP contribution in [0.25, 0.3) is 0 Å². The van der Waals surface area contributed by atoms with Crippen molar-refractivity contribution in [2.24, 2.45) is 0 Å². The third kappa shape index (κ3) is 5.56. The van der Waals surface area contributed by atoms with Gasteiger partial charge < -0.3 is 19.9 Å². The molecule has 6 heteroatoms. The van der Waals surface area contributed by atoms with Crippen LogP contribution in [0.4, 0.5) is 5.69 Å². The summed E-state index contributed by atoms with van der Waals surface area (Å²) >= 11 is 0. The van der Waals surface area contributed by atoms with E-state index < -0.39 is 5.54 Å². The van der Waals surface area contributed by atoms with Crippen LogP contribution in [0.3, 0.4) is 0 Å². The number of aliphatic hydroxyl groups is 1. The molecule has 2 rings (SSSR count). The van der Waals surface area contributed by atoms with E-state index in [-0.39, 0.29) is 25.0 Å². The fourth-order valence-electron chi connectivity index (χ4n) is 2.55. The minimum atomic E-state index is -0.848. The van der Waals surface area contributed by atoms with Crippen molar-refractivity contribution in [1.82, 2.24) is 0 Å². The summed E-state index contributed by atoms with van der Waals surface area (Å²) in [4.78, 5) is 24.5. The molecule has 0 fully saturated rings. The lowest BCUT2D eigenvalue weighted by Crippen LogP contribution is -2.40. The first kappa shape index (κ1) is 20.5. The first-order valence-corrected chi connectivity index (χ1v) is 8.81. The molecule has 0 radical (unpaired) electrons. The Balaban J connectivity index is 2.06. The predicted octanol–water partition coefficient (Wildman–Crippen LogP) is 3.31. The van der Waals surface area contributed by atoms with Gasteiger partial charge in [0.25, 0.3) is 0 Å². The molecule has 0 bridgehead atoms. The molecule has 0 amide bonds. The molecule has 0 aromatic heterocycles. The van der Waals surface area contributed by atoms with Gasteiger partial charge in [0.1, 0.15) is 12.4 Å². The van der Waals surface area contributed by atoms with Crippen LogP contribution >= 0.6 is 0 Å². The number of carbonyl (C=O) groups excluding carboxylic acids is 2. The van der Waals surface area contributed by atoms with Crippen LogP contribution in [0.5, 0.6) is 5.75 Å². The average molecular weight is 371 g/mol. The van der Waals surface area contributed by atoms with Gasteiger partial charge in [-0.2, -0.15) is 0 Å². The second kappa shape index (κ2) is 9.19. The largest absolute Gasteiger partial charge is 0.491 e. The molecule has 0 saturated heterocycles. The highest BCUT2D eigenvalue weighted by molar-refractivity contribution is 6.04. The lowest BCUT2D eigenvalue weighted by molar-refractivity contribution is 0.0526. The second-order valence-electron chi connectivity index (χ2n) is 6.47. The highest BCUT2D eigenvalue weighted by Gasteiger charge is 2.28. The van der Waals surface area contributed by atoms with E-state index in [1.54, 1.807) is 69.3 Å². The molecule has 0 atom stereocenters. The quantitative estimate of drug-likeness (QED) is 0.520. The molecule has 2 aromatic rings. The predicted molar refractivity (Wildman–Crippen MR) is 103 cm³/mol. The molecular weight excluding hydrogens is 346 g/mol. The maximum Gasteiger partial charge on any atom is 0.338 e. The number of rotatable bonds is 9. The van der Waals surface area contributed by atoms with Gasteiger partial charge in [-0.3, -0.25) is 4.79 Å². The fourth-order valence-corrected chi connectivity index (χ4v) is 2.55. The maximum atomic E-state index is 12.8. The summed E-state index contributed by atoms with van der Waals surface area (Å²) in [7, 11) is 0. The van der Waals surface area contributed by atoms with Gasteiger partial charge in [-0.25, -0.2) is 4.79 Å². The second-order valence-corrected chi connectivity index (χ2v) is 6.47. The molecule has 2 aromatic carbocycles. The standard InChI is InChI=1S/C21H25NO5/c1-4-26-20(25)16-5-9-17(10-6-16)22-21(2,3)19(24)15-7-11-18(12-8-15)27-14-13-23/h5-12,22-23H,4,13-14H2,1-3H3. The Morgan fingerprint density at radius 2 is 1.59 bits per heavy atom. The maximum absolute atomic E-state index is 12.8. The number of esters is 1. The van der Waals surface area contributed by atoms with Crippen LogP contribution in [0.15, 0.2) is 48.5 Å². The fraction of sp³-hybridized carbons (Fsp3) is 0.333. The number of aliphatic hydroxyl groups excluding tert-OH is 1. The Bertz CT molecular complexity index is 766. The summed E-state index contributed by atoms with van der Waals surface area (Å²) in [5, 5.41) is 12.0. The van der Waals surface area contributed by atoms with E-state index in [9.17, 15) is 9.59 Å². The number of hydrogen-bond acceptors (Lipinski definition) is 6. The molecule has 0 aliphatic carbocycles. The Morgan fingerprint density at radius 3 is 2.15 bits per heavy atom. The van der Waals surface area contributed by atoms with Gasteiger partial charge in [-0.15, -0.1) is 0 Å². The molecule has 144 valence electrons. The average Bonchev–Trinajstić information content (AvgIpc) is 2.66. The van der Waals surface area contributed by atoms with E-state index >= 15 is 0 Å². The summed E-state index contributed by atoms with van der Waals surface area (Å²) in [5.41, 5.74) is 0.889. The zero-order valence-corrected chi connectivity index (χ0v) is 15.8. The summed E-state index contributed by atoms with van der Waals surface area (Å²) in [6, 6.07) is 13.6. The number of hydrogen-bond donors (Lipinski definition) is 2. The molecule has 0 heterocycles. The third-order valence-electron chi connectivity index (χ3n) is 3.90. The lowest BCUT2D eigenvalue weighted by atomic mass is 9.92. The third-order valence-corrected chi connectivity index (χ3v) is 3.90. The normalized spacial score (nSPS) is 11.0. The van der Waals surface area contributed by atoms with E-state index in [0.717, 1.165) is 5.69 Å². The zero-order chi connectivity index (χ0) is 19.9. The Hall–Kier alpha value is -2.86. The lowest BCUT2D eigenvalue weighted by Gasteiger charge is -2.26. The zero-order valence-electron chi connectivity index (χ0n) is 15.8. The van der Waals surface area contributed by atoms with E-state index in [4.69, 9.17) is 14.6 Å². The van der Waals surface area contributed by atoms with Crippen LogP contribution in [0, 0.1) is 0 Å². The number of ether oxygens (including phenoxy) is 2. The molecule has 27 heavy (non-hydrogen) atoms. The van der Waals surface area contributed by atoms with Gasteiger partial charge in [0, 0.05) is 11.3 Å². The Kier molecular flexibility index (Phi) is 6.96. The van der Waals surface area contributed by atoms with Gasteiger partial charge in [-0.1, -0.05) is 0 Å². The minimum absolute atomic E-state index is 0.0629. The molecule has 0 aliphatic heterocycles. The topological polar surface area (TPSA) is 84.9 Å². The number of benzene rings is 2. The summed E-state index contributed by atoms with van der Waals surface area (Å²) < 4.78 is 10.3. The van der Waals surface area contributed by atoms with Crippen LogP contribution in [-0.4, -0.2) is 42.2 Å². The molecule has 0 spiro atoms. The number of anilines is 1. The number of Topliss-reactive ketones (excluding diaryl/α,β-unsaturated/α-hetero) is 1. The van der Waals surface area contributed by atoms with Crippen molar-refractivity contribution in [3.8, 4) is 5.75 Å². The minimum Gasteiger partial charge on any atom is -0.491 e. The van der Waals surface area contributed by atoms with Gasteiger partial charge >= 0.3 is 5.97 Å². The van der Waals surface area contributed by atoms with E-state index in [0.29, 0.717) is 23.5 Å². The van der Waals surface area contributed by atoms with Crippen molar-refractivity contribution in [1.29, 1.82) is 0 Å². The van der Waals surface area contributed by atoms with Crippen LogP contribution < -0.4 is 10.1 Å². The van der Waals surface area contributed by atoms with Crippen LogP contribution in [-0.2, 0) is 4.74 Å². The first-order chi connectivity index (χ1) is 12.9. The van der Waals surface area contributed by atoms with Gasteiger partial charge in [-0.05, 0) is 69.3 Å². The highest BCUT2D eigenvalue weighted by Crippen LogP contribution is 2.22. The van der Waals surface area contributed by atoms with Crippen LogP contribution in [0.1, 0.15) is 41.5 Å². The molecule has 0 saturated carbocycles. The molecular formula is C21H25NO5. The van der Waals surface area contributed by atoms with Crippen molar-refractivity contribution in [3.63, 3.8) is 0 Å². The number of carbonyl (C=O) groups is 2. The van der Waals surface area contributed by atoms with Crippen molar-refractivity contribution in [2.45, 2.75) is 26.3 Å². The number of ketones is 1. The molecule has 2 N–H and O–H groups in total. The number of nitrogens with one attached hydrogen (secondary N) is 1. The van der Waals surface area contributed by atoms with Crippen molar-refractivity contribution in [2.75, 3.05) is 25.1 Å². The monoisotopic (exact) mass is 371 g/mol.